The van der Waals surface area contributed by atoms with Crippen LogP contribution in [0.5, 0.6) is 0 Å². The summed E-state index contributed by atoms with van der Waals surface area (Å²) in [6.45, 7) is 5.97. The Hall–Kier alpha value is -3.67. The molecule has 0 unspecified atom stereocenters. The summed E-state index contributed by atoms with van der Waals surface area (Å²) in [6.07, 6.45) is 1.91. The molecule has 0 aromatic heterocycles. The first-order chi connectivity index (χ1) is 17.5. The van der Waals surface area contributed by atoms with Crippen LogP contribution in [0.25, 0.3) is 0 Å². The van der Waals surface area contributed by atoms with E-state index in [0.29, 0.717) is 24.0 Å². The Balaban J connectivity index is 1.91. The SMILES string of the molecule is CCCC1=C(C(=O)OCC)[C@@H](c2ccccc2)C2=C(C[C@@H](c3ccccc3)[C@H](C(=O)OCC)C2=O)N1. The first kappa shape index (κ1) is 25.4. The van der Waals surface area contributed by atoms with E-state index < -0.39 is 23.8 Å². The standard InChI is InChI=1S/C30H33NO5/c1-4-13-22-27(30(34)36-6-3)24(20-16-11-8-12-17-20)26-23(31-22)18-21(19-14-9-7-10-15-19)25(28(26)32)29(33)35-5-2/h7-12,14-17,21,24-25,31H,4-6,13,18H2,1-3H3/t21-,24-,25-/m0/s1. The highest BCUT2D eigenvalue weighted by molar-refractivity contribution is 6.13. The van der Waals surface area contributed by atoms with Crippen molar-refractivity contribution in [2.24, 2.45) is 5.92 Å². The van der Waals surface area contributed by atoms with Crippen LogP contribution in [-0.2, 0) is 23.9 Å². The van der Waals surface area contributed by atoms with Gasteiger partial charge in [0.15, 0.2) is 5.78 Å². The fourth-order valence-electron chi connectivity index (χ4n) is 5.34. The van der Waals surface area contributed by atoms with Crippen LogP contribution in [0.4, 0.5) is 0 Å². The van der Waals surface area contributed by atoms with Gasteiger partial charge in [0.2, 0.25) is 0 Å². The first-order valence-electron chi connectivity index (χ1n) is 12.7. The second-order valence-electron chi connectivity index (χ2n) is 9.04. The molecule has 0 fully saturated rings. The molecule has 2 aromatic rings. The molecule has 0 saturated heterocycles. The summed E-state index contributed by atoms with van der Waals surface area (Å²) in [5.41, 5.74) is 4.16. The van der Waals surface area contributed by atoms with E-state index in [2.05, 4.69) is 12.2 Å². The van der Waals surface area contributed by atoms with E-state index in [1.54, 1.807) is 13.8 Å². The minimum Gasteiger partial charge on any atom is -0.465 e. The Kier molecular flexibility index (Phi) is 8.04. The molecule has 0 radical (unpaired) electrons. The Labute approximate surface area is 212 Å². The van der Waals surface area contributed by atoms with Crippen LogP contribution >= 0.6 is 0 Å². The number of nitrogens with one attached hydrogen (secondary N) is 1. The van der Waals surface area contributed by atoms with Gasteiger partial charge in [0.25, 0.3) is 0 Å². The zero-order chi connectivity index (χ0) is 25.7. The molecule has 1 N–H and O–H groups in total. The number of ketones is 1. The molecule has 0 spiro atoms. The third-order valence-electron chi connectivity index (χ3n) is 6.80. The average molecular weight is 488 g/mol. The fraction of sp³-hybridized carbons (Fsp3) is 0.367. The van der Waals surface area contributed by atoms with Gasteiger partial charge >= 0.3 is 11.9 Å². The van der Waals surface area contributed by atoms with Crippen molar-refractivity contribution in [2.75, 3.05) is 13.2 Å². The lowest BCUT2D eigenvalue weighted by atomic mass is 9.67. The van der Waals surface area contributed by atoms with E-state index in [-0.39, 0.29) is 24.9 Å². The number of dihydropyridines is 1. The van der Waals surface area contributed by atoms with Crippen molar-refractivity contribution < 1.29 is 23.9 Å². The predicted molar refractivity (Wildman–Crippen MR) is 137 cm³/mol. The summed E-state index contributed by atoms with van der Waals surface area (Å²) in [5.74, 6) is -3.26. The summed E-state index contributed by atoms with van der Waals surface area (Å²) >= 11 is 0. The van der Waals surface area contributed by atoms with E-state index in [4.69, 9.17) is 9.47 Å². The summed E-state index contributed by atoms with van der Waals surface area (Å²) in [6, 6.07) is 19.1. The normalized spacial score (nSPS) is 21.5. The van der Waals surface area contributed by atoms with Crippen molar-refractivity contribution in [3.63, 3.8) is 0 Å². The van der Waals surface area contributed by atoms with Gasteiger partial charge in [0.1, 0.15) is 5.92 Å². The summed E-state index contributed by atoms with van der Waals surface area (Å²) in [5, 5.41) is 3.45. The molecule has 0 bridgehead atoms. The smallest absolute Gasteiger partial charge is 0.336 e. The topological polar surface area (TPSA) is 81.7 Å². The monoisotopic (exact) mass is 487 g/mol. The highest BCUT2D eigenvalue weighted by atomic mass is 16.5. The maximum absolute atomic E-state index is 14.3. The highest BCUT2D eigenvalue weighted by Crippen LogP contribution is 2.48. The zero-order valence-electron chi connectivity index (χ0n) is 21.1. The molecule has 36 heavy (non-hydrogen) atoms. The Morgan fingerprint density at radius 2 is 1.50 bits per heavy atom. The lowest BCUT2D eigenvalue weighted by molar-refractivity contribution is -0.152. The maximum Gasteiger partial charge on any atom is 0.336 e. The van der Waals surface area contributed by atoms with E-state index in [0.717, 1.165) is 28.9 Å². The first-order valence-corrected chi connectivity index (χ1v) is 12.7. The van der Waals surface area contributed by atoms with Gasteiger partial charge in [0.05, 0.1) is 18.8 Å². The Morgan fingerprint density at radius 1 is 0.889 bits per heavy atom. The number of allylic oxidation sites excluding steroid dienone is 3. The number of hydrogen-bond donors (Lipinski definition) is 1. The van der Waals surface area contributed by atoms with E-state index in [9.17, 15) is 14.4 Å². The maximum atomic E-state index is 14.3. The van der Waals surface area contributed by atoms with E-state index in [1.165, 1.54) is 0 Å². The zero-order valence-corrected chi connectivity index (χ0v) is 21.1. The minimum absolute atomic E-state index is 0.186. The number of benzene rings is 2. The van der Waals surface area contributed by atoms with Crippen molar-refractivity contribution in [3.05, 3.63) is 94.3 Å². The van der Waals surface area contributed by atoms with Gasteiger partial charge in [-0.05, 0) is 37.8 Å². The average Bonchev–Trinajstić information content (AvgIpc) is 2.89. The second kappa shape index (κ2) is 11.4. The molecular formula is C30H33NO5. The van der Waals surface area contributed by atoms with Crippen LogP contribution in [0.15, 0.2) is 83.2 Å². The van der Waals surface area contributed by atoms with Crippen LogP contribution in [0.2, 0.25) is 0 Å². The molecule has 2 aromatic carbocycles. The third kappa shape index (κ3) is 4.85. The summed E-state index contributed by atoms with van der Waals surface area (Å²) < 4.78 is 10.9. The van der Waals surface area contributed by atoms with Gasteiger partial charge in [-0.25, -0.2) is 4.79 Å². The van der Waals surface area contributed by atoms with E-state index >= 15 is 0 Å². The lowest BCUT2D eigenvalue weighted by Gasteiger charge is -2.40. The summed E-state index contributed by atoms with van der Waals surface area (Å²) in [7, 11) is 0. The molecule has 1 aliphatic heterocycles. The second-order valence-corrected chi connectivity index (χ2v) is 9.04. The number of esters is 2. The number of rotatable bonds is 8. The summed E-state index contributed by atoms with van der Waals surface area (Å²) in [4.78, 5) is 40.8. The van der Waals surface area contributed by atoms with Gasteiger partial charge in [-0.2, -0.15) is 0 Å². The molecule has 6 heteroatoms. The van der Waals surface area contributed by atoms with Crippen LogP contribution in [0.1, 0.15) is 63.0 Å². The van der Waals surface area contributed by atoms with Crippen LogP contribution in [0.3, 0.4) is 0 Å². The Bertz CT molecular complexity index is 1180. The molecule has 6 nitrogen and oxygen atoms in total. The molecule has 3 atom stereocenters. The van der Waals surface area contributed by atoms with Crippen molar-refractivity contribution in [1.29, 1.82) is 0 Å². The van der Waals surface area contributed by atoms with Gasteiger partial charge in [-0.15, -0.1) is 0 Å². The molecular weight excluding hydrogens is 454 g/mol. The largest absolute Gasteiger partial charge is 0.465 e. The van der Waals surface area contributed by atoms with Crippen LogP contribution < -0.4 is 5.32 Å². The molecule has 1 aliphatic carbocycles. The van der Waals surface area contributed by atoms with Crippen LogP contribution in [0, 0.1) is 5.92 Å². The third-order valence-corrected chi connectivity index (χ3v) is 6.80. The number of Topliss-reactive ketones (excluding diaryl/α,β-unsaturated/α-hetero) is 1. The van der Waals surface area contributed by atoms with Gasteiger partial charge < -0.3 is 14.8 Å². The van der Waals surface area contributed by atoms with Gasteiger partial charge in [-0.3, -0.25) is 9.59 Å². The predicted octanol–water partition coefficient (Wildman–Crippen LogP) is 5.18. The number of carbonyl (C=O) groups excluding carboxylic acids is 3. The van der Waals surface area contributed by atoms with Gasteiger partial charge in [0, 0.05) is 28.8 Å². The fourth-order valence-corrected chi connectivity index (χ4v) is 5.34. The molecule has 0 amide bonds. The molecule has 0 saturated carbocycles. The number of hydrogen-bond acceptors (Lipinski definition) is 6. The van der Waals surface area contributed by atoms with E-state index in [1.807, 2.05) is 60.7 Å². The van der Waals surface area contributed by atoms with Crippen molar-refractivity contribution in [3.8, 4) is 0 Å². The minimum atomic E-state index is -0.990. The number of ether oxygens (including phenoxy) is 2. The quantitative estimate of drug-likeness (QED) is 0.408. The van der Waals surface area contributed by atoms with Crippen molar-refractivity contribution in [2.45, 2.75) is 51.9 Å². The van der Waals surface area contributed by atoms with Crippen molar-refractivity contribution >= 4 is 17.7 Å². The Morgan fingerprint density at radius 3 is 2.08 bits per heavy atom. The highest BCUT2D eigenvalue weighted by Gasteiger charge is 2.49. The molecule has 188 valence electrons. The van der Waals surface area contributed by atoms with Crippen molar-refractivity contribution in [1.82, 2.24) is 5.32 Å². The molecule has 1 heterocycles. The lowest BCUT2D eigenvalue weighted by Crippen LogP contribution is -2.43. The molecule has 4 rings (SSSR count). The van der Waals surface area contributed by atoms with Crippen LogP contribution in [-0.4, -0.2) is 30.9 Å². The van der Waals surface area contributed by atoms with Gasteiger partial charge in [-0.1, -0.05) is 74.0 Å². The number of carbonyl (C=O) groups is 3. The molecule has 2 aliphatic rings.